The van der Waals surface area contributed by atoms with E-state index in [1.807, 2.05) is 32.9 Å². The largest absolute Gasteiger partial charge is 0.391 e. The Bertz CT molecular complexity index is 643. The molecular weight excluding hydrogens is 366 g/mol. The van der Waals surface area contributed by atoms with Crippen LogP contribution in [0, 0.1) is 26.7 Å². The van der Waals surface area contributed by atoms with Crippen LogP contribution in [0.4, 0.5) is 0 Å². The fourth-order valence-electron chi connectivity index (χ4n) is 2.44. The van der Waals surface area contributed by atoms with Gasteiger partial charge in [-0.1, -0.05) is 53.5 Å². The van der Waals surface area contributed by atoms with E-state index in [9.17, 15) is 8.42 Å². The highest BCUT2D eigenvalue weighted by Crippen LogP contribution is 2.23. The summed E-state index contributed by atoms with van der Waals surface area (Å²) in [5.41, 5.74) is 2.51. The first-order chi connectivity index (χ1) is 10.1. The Labute approximate surface area is 141 Å². The van der Waals surface area contributed by atoms with Crippen molar-refractivity contribution in [2.75, 3.05) is 6.61 Å². The van der Waals surface area contributed by atoms with Gasteiger partial charge in [-0.3, -0.25) is 0 Å². The van der Waals surface area contributed by atoms with Crippen molar-refractivity contribution in [2.24, 2.45) is 5.92 Å². The van der Waals surface area contributed by atoms with E-state index in [4.69, 9.17) is 5.11 Å². The van der Waals surface area contributed by atoms with Gasteiger partial charge in [0.25, 0.3) is 0 Å². The Morgan fingerprint density at radius 1 is 1.27 bits per heavy atom. The van der Waals surface area contributed by atoms with Crippen LogP contribution in [0.1, 0.15) is 30.5 Å². The lowest BCUT2D eigenvalue weighted by molar-refractivity contribution is 0.339. The van der Waals surface area contributed by atoms with Crippen LogP contribution in [0.3, 0.4) is 0 Å². The molecule has 1 atom stereocenters. The zero-order valence-corrected chi connectivity index (χ0v) is 16.0. The monoisotopic (exact) mass is 389 g/mol. The summed E-state index contributed by atoms with van der Waals surface area (Å²) >= 11 is 3.22. The molecular formula is C16H24BrNO3S. The topological polar surface area (TPSA) is 66.4 Å². The first kappa shape index (κ1) is 19.4. The molecule has 0 unspecified atom stereocenters. The Hall–Kier alpha value is -0.690. The summed E-state index contributed by atoms with van der Waals surface area (Å²) in [6, 6.07) is 3.34. The van der Waals surface area contributed by atoms with Crippen LogP contribution in [-0.4, -0.2) is 26.2 Å². The summed E-state index contributed by atoms with van der Waals surface area (Å²) < 4.78 is 28.8. The molecule has 124 valence electrons. The number of nitrogens with one attached hydrogen (secondary N) is 1. The van der Waals surface area contributed by atoms with Crippen molar-refractivity contribution in [3.8, 4) is 0 Å². The third-order valence-electron chi connectivity index (χ3n) is 3.39. The van der Waals surface area contributed by atoms with Crippen LogP contribution < -0.4 is 4.72 Å². The summed E-state index contributed by atoms with van der Waals surface area (Å²) in [6.07, 6.45) is 1.70. The Morgan fingerprint density at radius 3 is 2.18 bits per heavy atom. The van der Waals surface area contributed by atoms with Crippen LogP contribution in [0.15, 0.2) is 27.6 Å². The quantitative estimate of drug-likeness (QED) is 0.784. The third-order valence-corrected chi connectivity index (χ3v) is 5.67. The average Bonchev–Trinajstić information content (AvgIpc) is 2.35. The second-order valence-electron chi connectivity index (χ2n) is 5.89. The number of sulfonamides is 1. The first-order valence-corrected chi connectivity index (χ1v) is 9.43. The van der Waals surface area contributed by atoms with E-state index in [0.717, 1.165) is 16.7 Å². The van der Waals surface area contributed by atoms with E-state index >= 15 is 0 Å². The zero-order chi connectivity index (χ0) is 17.1. The summed E-state index contributed by atoms with van der Waals surface area (Å²) in [6.45, 7) is 9.25. The predicted molar refractivity (Wildman–Crippen MR) is 93.7 cm³/mol. The van der Waals surface area contributed by atoms with E-state index < -0.39 is 16.1 Å². The molecule has 1 rings (SSSR count). The van der Waals surface area contributed by atoms with E-state index in [-0.39, 0.29) is 12.5 Å². The molecule has 0 saturated heterocycles. The van der Waals surface area contributed by atoms with Crippen molar-refractivity contribution in [3.63, 3.8) is 0 Å². The summed E-state index contributed by atoms with van der Waals surface area (Å²) in [5.74, 6) is 0.0555. The molecule has 0 heterocycles. The highest BCUT2D eigenvalue weighted by Gasteiger charge is 2.24. The molecule has 0 aromatic heterocycles. The van der Waals surface area contributed by atoms with Gasteiger partial charge in [0, 0.05) is 10.5 Å². The van der Waals surface area contributed by atoms with Gasteiger partial charge >= 0.3 is 0 Å². The molecule has 0 aliphatic heterocycles. The van der Waals surface area contributed by atoms with Crippen LogP contribution in [0.5, 0.6) is 0 Å². The lowest BCUT2D eigenvalue weighted by Gasteiger charge is -2.21. The summed E-state index contributed by atoms with van der Waals surface area (Å²) in [5, 5.41) is 9.11. The fraction of sp³-hybridized carbons (Fsp3) is 0.500. The molecule has 0 spiro atoms. The number of hydrogen-bond acceptors (Lipinski definition) is 3. The minimum absolute atomic E-state index is 0.0555. The highest BCUT2D eigenvalue weighted by atomic mass is 79.9. The Kier molecular flexibility index (Phi) is 6.80. The van der Waals surface area contributed by atoms with Crippen molar-refractivity contribution < 1.29 is 13.5 Å². The van der Waals surface area contributed by atoms with Crippen molar-refractivity contribution in [1.82, 2.24) is 4.72 Å². The van der Waals surface area contributed by atoms with Crippen LogP contribution in [0.25, 0.3) is 0 Å². The predicted octanol–water partition coefficient (Wildman–Crippen LogP) is 3.19. The minimum atomic E-state index is -3.63. The van der Waals surface area contributed by atoms with Crippen LogP contribution in [0.2, 0.25) is 0 Å². The molecule has 1 aromatic carbocycles. The molecule has 0 bridgehead atoms. The molecule has 1 aromatic rings. The second-order valence-corrected chi connectivity index (χ2v) is 8.56. The molecule has 6 heteroatoms. The smallest absolute Gasteiger partial charge is 0.241 e. The number of halogens is 1. The van der Waals surface area contributed by atoms with E-state index in [1.165, 1.54) is 0 Å². The molecule has 2 N–H and O–H groups in total. The van der Waals surface area contributed by atoms with Gasteiger partial charge in [0.15, 0.2) is 0 Å². The minimum Gasteiger partial charge on any atom is -0.391 e. The second kappa shape index (κ2) is 7.73. The maximum absolute atomic E-state index is 12.8. The van der Waals surface area contributed by atoms with Crippen LogP contribution in [-0.2, 0) is 10.0 Å². The summed E-state index contributed by atoms with van der Waals surface area (Å²) in [7, 11) is -3.63. The molecule has 0 fully saturated rings. The van der Waals surface area contributed by atoms with E-state index in [1.54, 1.807) is 19.9 Å². The van der Waals surface area contributed by atoms with Crippen molar-refractivity contribution in [3.05, 3.63) is 39.4 Å². The lowest BCUT2D eigenvalue weighted by atomic mass is 10.1. The molecule has 0 aliphatic carbocycles. The van der Waals surface area contributed by atoms with Gasteiger partial charge in [-0.15, -0.1) is 0 Å². The van der Waals surface area contributed by atoms with Gasteiger partial charge < -0.3 is 5.11 Å². The van der Waals surface area contributed by atoms with Gasteiger partial charge in [0.1, 0.15) is 0 Å². The Balaban J connectivity index is 3.25. The maximum Gasteiger partial charge on any atom is 0.241 e. The van der Waals surface area contributed by atoms with Crippen LogP contribution >= 0.6 is 15.9 Å². The molecule has 0 aliphatic rings. The number of rotatable bonds is 6. The molecule has 22 heavy (non-hydrogen) atoms. The lowest BCUT2D eigenvalue weighted by Crippen LogP contribution is -2.38. The molecule has 0 saturated carbocycles. The molecule has 4 nitrogen and oxygen atoms in total. The number of aliphatic hydroxyl groups is 1. The maximum atomic E-state index is 12.8. The molecule has 0 radical (unpaired) electrons. The number of aliphatic hydroxyl groups excluding tert-OH is 1. The zero-order valence-electron chi connectivity index (χ0n) is 13.6. The summed E-state index contributed by atoms with van der Waals surface area (Å²) in [4.78, 5) is 0.331. The number of benzene rings is 1. The van der Waals surface area contributed by atoms with Gasteiger partial charge in [-0.25, -0.2) is 13.1 Å². The van der Waals surface area contributed by atoms with Crippen molar-refractivity contribution in [2.45, 2.75) is 45.6 Å². The van der Waals surface area contributed by atoms with Gasteiger partial charge in [0.05, 0.1) is 11.5 Å². The molecule has 0 amide bonds. The number of hydrogen-bond donors (Lipinski definition) is 2. The third kappa shape index (κ3) is 4.91. The van der Waals surface area contributed by atoms with Crippen molar-refractivity contribution in [1.29, 1.82) is 0 Å². The normalized spacial score (nSPS) is 14.5. The SMILES string of the molecule is Cc1cc(C)c(S(=O)(=O)N[C@@H](/C=C(\Br)CO)C(C)C)c(C)c1. The average molecular weight is 390 g/mol. The standard InChI is InChI=1S/C16H24BrNO3S/c1-10(2)15(8-14(17)9-19)18-22(20,21)16-12(4)6-11(3)7-13(16)5/h6-8,10,15,18-19H,9H2,1-5H3/b14-8-/t15-/m0/s1. The first-order valence-electron chi connectivity index (χ1n) is 7.15. The van der Waals surface area contributed by atoms with E-state index in [0.29, 0.717) is 9.38 Å². The van der Waals surface area contributed by atoms with Crippen molar-refractivity contribution >= 4 is 26.0 Å². The van der Waals surface area contributed by atoms with Gasteiger partial charge in [0.2, 0.25) is 10.0 Å². The van der Waals surface area contributed by atoms with Gasteiger partial charge in [-0.05, 0) is 37.8 Å². The highest BCUT2D eigenvalue weighted by molar-refractivity contribution is 9.11. The van der Waals surface area contributed by atoms with E-state index in [2.05, 4.69) is 20.7 Å². The fourth-order valence-corrected chi connectivity index (χ4v) is 4.51. The number of aryl methyl sites for hydroxylation is 3. The van der Waals surface area contributed by atoms with Gasteiger partial charge in [-0.2, -0.15) is 0 Å². The Morgan fingerprint density at radius 2 is 1.77 bits per heavy atom.